The zero-order valence-corrected chi connectivity index (χ0v) is 12.0. The van der Waals surface area contributed by atoms with Crippen LogP contribution in [0.25, 0.3) is 0 Å². The molecule has 96 valence electrons. The highest BCUT2D eigenvalue weighted by Gasteiger charge is 2.21. The quantitative estimate of drug-likeness (QED) is 0.783. The molecule has 2 unspecified atom stereocenters. The number of hydrogen-bond donors (Lipinski definition) is 1. The summed E-state index contributed by atoms with van der Waals surface area (Å²) in [5.74, 6) is 0.738. The van der Waals surface area contributed by atoms with Crippen molar-refractivity contribution in [1.29, 1.82) is 0 Å². The Kier molecular flexibility index (Phi) is 5.20. The molecule has 2 atom stereocenters. The van der Waals surface area contributed by atoms with E-state index in [4.69, 9.17) is 0 Å². The van der Waals surface area contributed by atoms with Gasteiger partial charge < -0.3 is 5.32 Å². The summed E-state index contributed by atoms with van der Waals surface area (Å²) in [6.45, 7) is 12.5. The minimum Gasteiger partial charge on any atom is -0.313 e. The van der Waals surface area contributed by atoms with Crippen molar-refractivity contribution >= 4 is 0 Å². The van der Waals surface area contributed by atoms with E-state index in [2.05, 4.69) is 70.3 Å². The molecule has 0 aliphatic rings. The lowest BCUT2D eigenvalue weighted by Crippen LogP contribution is -2.40. The molecule has 0 radical (unpaired) electrons. The normalized spacial score (nSPS) is 15.6. The number of rotatable bonds is 6. The summed E-state index contributed by atoms with van der Waals surface area (Å²) < 4.78 is 0. The summed E-state index contributed by atoms with van der Waals surface area (Å²) >= 11 is 0. The average molecular weight is 233 g/mol. The van der Waals surface area contributed by atoms with Crippen molar-refractivity contribution in [2.75, 3.05) is 6.54 Å². The van der Waals surface area contributed by atoms with Crippen LogP contribution in [0.4, 0.5) is 0 Å². The van der Waals surface area contributed by atoms with Crippen LogP contribution in [0, 0.1) is 5.92 Å². The minimum absolute atomic E-state index is 0.197. The highest BCUT2D eigenvalue weighted by Crippen LogP contribution is 2.22. The first-order chi connectivity index (χ1) is 7.97. The smallest absolute Gasteiger partial charge is 0.00646 e. The van der Waals surface area contributed by atoms with Crippen LogP contribution >= 0.6 is 0 Å². The molecule has 0 spiro atoms. The predicted octanol–water partition coefficient (Wildman–Crippen LogP) is 3.99. The summed E-state index contributed by atoms with van der Waals surface area (Å²) in [6, 6.07) is 11.3. The minimum atomic E-state index is 0.197. The molecule has 0 saturated heterocycles. The summed E-state index contributed by atoms with van der Waals surface area (Å²) in [5, 5.41) is 3.67. The van der Waals surface area contributed by atoms with Crippen LogP contribution in [0.1, 0.15) is 46.6 Å². The zero-order valence-electron chi connectivity index (χ0n) is 12.0. The van der Waals surface area contributed by atoms with Gasteiger partial charge in [0, 0.05) is 18.0 Å². The van der Waals surface area contributed by atoms with Crippen molar-refractivity contribution in [3.63, 3.8) is 0 Å². The van der Waals surface area contributed by atoms with Gasteiger partial charge >= 0.3 is 0 Å². The highest BCUT2D eigenvalue weighted by atomic mass is 14.9. The van der Waals surface area contributed by atoms with E-state index in [0.29, 0.717) is 6.04 Å². The first-order valence-electron chi connectivity index (χ1n) is 6.76. The van der Waals surface area contributed by atoms with Gasteiger partial charge in [0.15, 0.2) is 0 Å². The van der Waals surface area contributed by atoms with E-state index in [-0.39, 0.29) is 5.41 Å². The maximum absolute atomic E-state index is 3.67. The van der Waals surface area contributed by atoms with E-state index in [9.17, 15) is 0 Å². The second kappa shape index (κ2) is 6.20. The van der Waals surface area contributed by atoms with Crippen LogP contribution in [0.5, 0.6) is 0 Å². The van der Waals surface area contributed by atoms with Crippen molar-refractivity contribution in [2.24, 2.45) is 5.92 Å². The molecule has 1 rings (SSSR count). The third-order valence-electron chi connectivity index (χ3n) is 3.92. The van der Waals surface area contributed by atoms with Gasteiger partial charge in [0.1, 0.15) is 0 Å². The van der Waals surface area contributed by atoms with Gasteiger partial charge in [-0.2, -0.15) is 0 Å². The monoisotopic (exact) mass is 233 g/mol. The van der Waals surface area contributed by atoms with Crippen LogP contribution in [0.3, 0.4) is 0 Å². The molecule has 0 fully saturated rings. The zero-order chi connectivity index (χ0) is 12.9. The number of benzene rings is 1. The fourth-order valence-electron chi connectivity index (χ4n) is 1.96. The van der Waals surface area contributed by atoms with E-state index in [1.54, 1.807) is 0 Å². The molecular weight excluding hydrogens is 206 g/mol. The van der Waals surface area contributed by atoms with Gasteiger partial charge in [0.2, 0.25) is 0 Å². The van der Waals surface area contributed by atoms with Gasteiger partial charge in [0.05, 0.1) is 0 Å². The van der Waals surface area contributed by atoms with E-state index in [1.807, 2.05) is 0 Å². The lowest BCUT2D eigenvalue weighted by molar-refractivity contribution is 0.352. The summed E-state index contributed by atoms with van der Waals surface area (Å²) in [4.78, 5) is 0. The van der Waals surface area contributed by atoms with Crippen LogP contribution in [-0.2, 0) is 5.41 Å². The average Bonchev–Trinajstić information content (AvgIpc) is 2.36. The second-order valence-electron chi connectivity index (χ2n) is 5.81. The van der Waals surface area contributed by atoms with Crippen molar-refractivity contribution < 1.29 is 0 Å². The van der Waals surface area contributed by atoms with E-state index in [1.165, 1.54) is 12.0 Å². The Balaban J connectivity index is 2.56. The Morgan fingerprint density at radius 3 is 2.24 bits per heavy atom. The van der Waals surface area contributed by atoms with Crippen LogP contribution in [-0.4, -0.2) is 12.6 Å². The van der Waals surface area contributed by atoms with Gasteiger partial charge in [0.25, 0.3) is 0 Å². The predicted molar refractivity (Wildman–Crippen MR) is 76.4 cm³/mol. The third kappa shape index (κ3) is 4.16. The number of nitrogens with one attached hydrogen (secondary N) is 1. The van der Waals surface area contributed by atoms with E-state index < -0.39 is 0 Å². The molecule has 0 saturated carbocycles. The fourth-order valence-corrected chi connectivity index (χ4v) is 1.96. The number of hydrogen-bond acceptors (Lipinski definition) is 1. The van der Waals surface area contributed by atoms with Crippen molar-refractivity contribution in [3.8, 4) is 0 Å². The van der Waals surface area contributed by atoms with Crippen molar-refractivity contribution in [3.05, 3.63) is 35.9 Å². The highest BCUT2D eigenvalue weighted by molar-refractivity contribution is 5.23. The Bertz CT molecular complexity index is 316. The summed E-state index contributed by atoms with van der Waals surface area (Å²) in [5.41, 5.74) is 1.60. The van der Waals surface area contributed by atoms with Gasteiger partial charge in [-0.25, -0.2) is 0 Å². The Morgan fingerprint density at radius 2 is 1.71 bits per heavy atom. The van der Waals surface area contributed by atoms with Crippen molar-refractivity contribution in [1.82, 2.24) is 5.32 Å². The fraction of sp³-hybridized carbons (Fsp3) is 0.625. The molecule has 1 aromatic carbocycles. The molecule has 0 aromatic heterocycles. The first-order valence-corrected chi connectivity index (χ1v) is 6.76. The van der Waals surface area contributed by atoms with Crippen LogP contribution in [0.15, 0.2) is 30.3 Å². The molecule has 1 N–H and O–H groups in total. The molecule has 0 aliphatic carbocycles. The van der Waals surface area contributed by atoms with Gasteiger partial charge in [-0.15, -0.1) is 0 Å². The SMILES string of the molecule is CCC(C)C(C)NCC(C)(C)c1ccccc1. The molecule has 0 bridgehead atoms. The molecule has 0 amide bonds. The lowest BCUT2D eigenvalue weighted by Gasteiger charge is -2.29. The summed E-state index contributed by atoms with van der Waals surface area (Å²) in [6.07, 6.45) is 1.24. The van der Waals surface area contributed by atoms with Gasteiger partial charge in [-0.1, -0.05) is 64.4 Å². The van der Waals surface area contributed by atoms with Crippen LogP contribution < -0.4 is 5.32 Å². The molecule has 1 nitrogen and oxygen atoms in total. The summed E-state index contributed by atoms with van der Waals surface area (Å²) in [7, 11) is 0. The Labute approximate surface area is 107 Å². The lowest BCUT2D eigenvalue weighted by atomic mass is 9.84. The Morgan fingerprint density at radius 1 is 1.12 bits per heavy atom. The standard InChI is InChI=1S/C16H27N/c1-6-13(2)14(3)17-12-16(4,5)15-10-8-7-9-11-15/h7-11,13-14,17H,6,12H2,1-5H3. The molecule has 1 aromatic rings. The first kappa shape index (κ1) is 14.2. The second-order valence-corrected chi connectivity index (χ2v) is 5.81. The molecular formula is C16H27N. The molecule has 1 heteroatoms. The van der Waals surface area contributed by atoms with E-state index >= 15 is 0 Å². The Hall–Kier alpha value is -0.820. The molecule has 17 heavy (non-hydrogen) atoms. The van der Waals surface area contributed by atoms with Crippen LogP contribution in [0.2, 0.25) is 0 Å². The largest absolute Gasteiger partial charge is 0.313 e. The van der Waals surface area contributed by atoms with Gasteiger partial charge in [-0.05, 0) is 18.4 Å². The van der Waals surface area contributed by atoms with Crippen molar-refractivity contribution in [2.45, 2.75) is 52.5 Å². The molecule has 0 heterocycles. The van der Waals surface area contributed by atoms with E-state index in [0.717, 1.165) is 12.5 Å². The van der Waals surface area contributed by atoms with Gasteiger partial charge in [-0.3, -0.25) is 0 Å². The maximum atomic E-state index is 3.67. The molecule has 0 aliphatic heterocycles. The maximum Gasteiger partial charge on any atom is 0.00646 e. The topological polar surface area (TPSA) is 12.0 Å². The third-order valence-corrected chi connectivity index (χ3v) is 3.92.